The maximum Gasteiger partial charge on any atom is 0 e. The van der Waals surface area contributed by atoms with E-state index in [1.807, 2.05) is 0 Å². The molecule has 0 aromatic heterocycles. The van der Waals surface area contributed by atoms with Crippen LogP contribution in [0.2, 0.25) is 0 Å². The van der Waals surface area contributed by atoms with Gasteiger partial charge in [0.25, 0.3) is 0 Å². The van der Waals surface area contributed by atoms with Gasteiger partial charge in [-0.25, -0.2) is 0 Å². The summed E-state index contributed by atoms with van der Waals surface area (Å²) in [5.74, 6) is 0. The summed E-state index contributed by atoms with van der Waals surface area (Å²) in [7, 11) is 0. The fourth-order valence-corrected chi connectivity index (χ4v) is 0. The first kappa shape index (κ1) is 17.6. The van der Waals surface area contributed by atoms with Crippen LogP contribution in [0, 0.1) is 0 Å². The molecule has 1 nitrogen and oxygen atoms in total. The minimum absolute atomic E-state index is 0. The molecule has 0 unspecified atom stereocenters. The Morgan fingerprint density at radius 1 is 1.25 bits per heavy atom. The van der Waals surface area contributed by atoms with Crippen LogP contribution in [0.15, 0.2) is 0 Å². The van der Waals surface area contributed by atoms with E-state index < -0.39 is 0 Å². The smallest absolute Gasteiger partial charge is 0 e. The third-order valence-electron chi connectivity index (χ3n) is 0. The SMILES string of the molecule is [AlH2].[O]=[Zn].[Zn]. The number of rotatable bonds is 0. The Balaban J connectivity index is -0.00000000500. The molecule has 0 heterocycles. The molecule has 1 radical (unpaired) electrons. The second-order valence-corrected chi connectivity index (χ2v) is 0. The molecular weight excluding hydrogens is 174 g/mol. The first-order valence-corrected chi connectivity index (χ1v) is 1.50. The normalized spacial score (nSPS) is 1.50. The van der Waals surface area contributed by atoms with E-state index in [9.17, 15) is 0 Å². The van der Waals surface area contributed by atoms with Gasteiger partial charge in [0.1, 0.15) is 17.4 Å². The number of hydrogen-bond donors (Lipinski definition) is 0. The summed E-state index contributed by atoms with van der Waals surface area (Å²) in [6.07, 6.45) is 0. The van der Waals surface area contributed by atoms with Gasteiger partial charge >= 0.3 is 21.8 Å². The van der Waals surface area contributed by atoms with Gasteiger partial charge in [-0.1, -0.05) is 0 Å². The quantitative estimate of drug-likeness (QED) is 0.430. The van der Waals surface area contributed by atoms with E-state index in [0.29, 0.717) is 0 Å². The summed E-state index contributed by atoms with van der Waals surface area (Å²) in [5.41, 5.74) is 0. The van der Waals surface area contributed by atoms with Crippen LogP contribution in [-0.2, 0) is 41.3 Å². The first-order chi connectivity index (χ1) is 1.00. The van der Waals surface area contributed by atoms with E-state index in [1.54, 1.807) is 0 Å². The zero-order valence-corrected chi connectivity index (χ0v) is 10.8. The van der Waals surface area contributed by atoms with Crippen molar-refractivity contribution >= 4 is 17.4 Å². The van der Waals surface area contributed by atoms with Gasteiger partial charge in [-0.3, -0.25) is 0 Å². The molecular formula is H2AlOZn2. The first-order valence-electron chi connectivity index (χ1n) is 0.289. The molecule has 4 heavy (non-hydrogen) atoms. The molecule has 0 amide bonds. The van der Waals surface area contributed by atoms with Crippen LogP contribution in [0.5, 0.6) is 0 Å². The predicted molar refractivity (Wildman–Crippen MR) is 9.23 cm³/mol. The molecule has 0 N–H and O–H groups in total. The third-order valence-corrected chi connectivity index (χ3v) is 0. The van der Waals surface area contributed by atoms with Gasteiger partial charge < -0.3 is 0 Å². The molecule has 0 rings (SSSR count). The Bertz CT molecular complexity index is 6.00. The molecule has 0 aliphatic carbocycles. The average Bonchev–Trinajstić information content (AvgIpc) is 1.00. The summed E-state index contributed by atoms with van der Waals surface area (Å²) >= 11 is 0.125. The maximum atomic E-state index is 8.38. The molecule has 0 aromatic carbocycles. The van der Waals surface area contributed by atoms with Crippen molar-refractivity contribution in [1.29, 1.82) is 0 Å². The van der Waals surface area contributed by atoms with Crippen LogP contribution in [0.4, 0.5) is 0 Å². The van der Waals surface area contributed by atoms with Crippen LogP contribution >= 0.6 is 0 Å². The molecule has 0 saturated carbocycles. The Hall–Kier alpha value is 1.58. The standard InChI is InChI=1S/Al.O.2Zn.2H. The van der Waals surface area contributed by atoms with Gasteiger partial charge in [-0.2, -0.15) is 0 Å². The topological polar surface area (TPSA) is 17.1 Å². The van der Waals surface area contributed by atoms with Crippen molar-refractivity contribution in [2.75, 3.05) is 0 Å². The van der Waals surface area contributed by atoms with Crippen LogP contribution in [0.1, 0.15) is 0 Å². The molecule has 0 aromatic rings. The summed E-state index contributed by atoms with van der Waals surface area (Å²) in [6, 6.07) is 0. The van der Waals surface area contributed by atoms with Crippen molar-refractivity contribution < 1.29 is 41.3 Å². The van der Waals surface area contributed by atoms with Crippen molar-refractivity contribution in [2.24, 2.45) is 0 Å². The van der Waals surface area contributed by atoms with Crippen LogP contribution in [0.25, 0.3) is 0 Å². The maximum absolute atomic E-state index is 8.38. The number of hydrogen-bond acceptors (Lipinski definition) is 1. The fourth-order valence-electron chi connectivity index (χ4n) is 0. The van der Waals surface area contributed by atoms with Gasteiger partial charge in [0.05, 0.1) is 0 Å². The van der Waals surface area contributed by atoms with Gasteiger partial charge in [0.2, 0.25) is 0 Å². The van der Waals surface area contributed by atoms with Gasteiger partial charge in [-0.15, -0.1) is 0 Å². The largest absolute Gasteiger partial charge is 0 e. The van der Waals surface area contributed by atoms with Crippen LogP contribution in [0.3, 0.4) is 0 Å². The molecule has 15 valence electrons. The zero-order chi connectivity index (χ0) is 2.00. The molecule has 4 heteroatoms. The van der Waals surface area contributed by atoms with Gasteiger partial charge in [0.15, 0.2) is 0 Å². The fraction of sp³-hybridized carbons (Fsp3) is 0. The van der Waals surface area contributed by atoms with E-state index in [-0.39, 0.29) is 55.1 Å². The monoisotopic (exact) mass is 173 g/mol. The minimum atomic E-state index is 0. The second kappa shape index (κ2) is 23.5. The van der Waals surface area contributed by atoms with Crippen LogP contribution < -0.4 is 0 Å². The summed E-state index contributed by atoms with van der Waals surface area (Å²) in [6.45, 7) is 0. The molecule has 0 spiro atoms. The van der Waals surface area contributed by atoms with E-state index in [0.717, 1.165) is 0 Å². The second-order valence-electron chi connectivity index (χ2n) is 0. The van der Waals surface area contributed by atoms with Crippen molar-refractivity contribution in [1.82, 2.24) is 0 Å². The molecule has 0 aliphatic heterocycles. The molecule has 0 saturated heterocycles. The Kier molecular flexibility index (Phi) is 103. The zero-order valence-electron chi connectivity index (χ0n) is 2.82. The van der Waals surface area contributed by atoms with Crippen LogP contribution in [-0.4, -0.2) is 17.4 Å². The van der Waals surface area contributed by atoms with Crippen molar-refractivity contribution in [2.45, 2.75) is 0 Å². The summed E-state index contributed by atoms with van der Waals surface area (Å²) in [5, 5.41) is 0. The third kappa shape index (κ3) is 9.55. The average molecular weight is 176 g/mol. The van der Waals surface area contributed by atoms with E-state index in [2.05, 4.69) is 0 Å². The molecule has 0 atom stereocenters. The van der Waals surface area contributed by atoms with Gasteiger partial charge in [-0.05, 0) is 0 Å². The molecule has 0 aliphatic rings. The summed E-state index contributed by atoms with van der Waals surface area (Å²) < 4.78 is 8.38. The van der Waals surface area contributed by atoms with E-state index in [1.165, 1.54) is 0 Å². The predicted octanol–water partition coefficient (Wildman–Crippen LogP) is -1.04. The van der Waals surface area contributed by atoms with E-state index in [4.69, 9.17) is 3.57 Å². The van der Waals surface area contributed by atoms with E-state index >= 15 is 0 Å². The molecule has 0 bridgehead atoms. The molecule has 0 fully saturated rings. The van der Waals surface area contributed by atoms with Crippen molar-refractivity contribution in [3.05, 3.63) is 0 Å². The van der Waals surface area contributed by atoms with Crippen molar-refractivity contribution in [3.63, 3.8) is 0 Å². The van der Waals surface area contributed by atoms with Gasteiger partial charge in [0, 0.05) is 19.5 Å². The Morgan fingerprint density at radius 3 is 1.25 bits per heavy atom. The Labute approximate surface area is 58.4 Å². The van der Waals surface area contributed by atoms with Crippen molar-refractivity contribution in [3.8, 4) is 0 Å². The minimum Gasteiger partial charge on any atom is 0 e. The summed E-state index contributed by atoms with van der Waals surface area (Å²) in [4.78, 5) is 0. The Morgan fingerprint density at radius 2 is 1.25 bits per heavy atom.